The zero-order valence-electron chi connectivity index (χ0n) is 6.98. The van der Waals surface area contributed by atoms with E-state index in [1.807, 2.05) is 30.3 Å². The van der Waals surface area contributed by atoms with E-state index < -0.39 is 12.6 Å². The molecule has 4 heteroatoms. The fraction of sp³-hybridized carbons (Fsp3) is 0.222. The van der Waals surface area contributed by atoms with Crippen molar-refractivity contribution >= 4 is 17.6 Å². The average Bonchev–Trinajstić information content (AvgIpc) is 2.20. The van der Waals surface area contributed by atoms with Gasteiger partial charge in [0.05, 0.1) is 0 Å². The molecule has 0 aliphatic rings. The predicted octanol–water partition coefficient (Wildman–Crippen LogP) is 1.49. The molecule has 2 N–H and O–H groups in total. The molecule has 0 bridgehead atoms. The van der Waals surface area contributed by atoms with Crippen molar-refractivity contribution in [3.05, 3.63) is 35.9 Å². The Balaban J connectivity index is 0.000000252. The summed E-state index contributed by atoms with van der Waals surface area (Å²) >= 11 is 5.53. The molecular weight excluding hydrogens is 192 g/mol. The number of carboxylic acid groups (broad SMARTS) is 1. The first-order valence-corrected chi connectivity index (χ1v) is 4.16. The number of aliphatic carboxylic acids is 1. The quantitative estimate of drug-likeness (QED) is 0.715. The summed E-state index contributed by atoms with van der Waals surface area (Å²) in [6, 6.07) is 9.96. The van der Waals surface area contributed by atoms with E-state index in [0.29, 0.717) is 5.88 Å². The normalized spacial score (nSPS) is 8.46. The van der Waals surface area contributed by atoms with E-state index in [2.05, 4.69) is 0 Å². The van der Waals surface area contributed by atoms with Crippen LogP contribution in [0.25, 0.3) is 0 Å². The van der Waals surface area contributed by atoms with Crippen LogP contribution >= 0.6 is 11.6 Å². The number of halogens is 1. The summed E-state index contributed by atoms with van der Waals surface area (Å²) in [5, 5.41) is 15.0. The Bertz CT molecular complexity index is 236. The SMILES string of the molecule is ClCc1ccccc1.O=C(O)CO. The molecule has 0 fully saturated rings. The molecule has 0 saturated heterocycles. The van der Waals surface area contributed by atoms with E-state index in [1.54, 1.807) is 0 Å². The first-order valence-electron chi connectivity index (χ1n) is 3.63. The Morgan fingerprint density at radius 1 is 1.31 bits per heavy atom. The Morgan fingerprint density at radius 3 is 2.00 bits per heavy atom. The summed E-state index contributed by atoms with van der Waals surface area (Å²) in [5.74, 6) is -0.578. The van der Waals surface area contributed by atoms with E-state index >= 15 is 0 Å². The lowest BCUT2D eigenvalue weighted by atomic mass is 10.2. The molecule has 3 nitrogen and oxygen atoms in total. The maximum atomic E-state index is 9.12. The lowest BCUT2D eigenvalue weighted by Crippen LogP contribution is -1.98. The third-order valence-electron chi connectivity index (χ3n) is 1.13. The molecule has 0 aromatic heterocycles. The Morgan fingerprint density at radius 2 is 1.77 bits per heavy atom. The van der Waals surface area contributed by atoms with Crippen molar-refractivity contribution in [2.75, 3.05) is 6.61 Å². The van der Waals surface area contributed by atoms with Gasteiger partial charge in [-0.1, -0.05) is 30.3 Å². The van der Waals surface area contributed by atoms with Gasteiger partial charge in [0.2, 0.25) is 0 Å². The van der Waals surface area contributed by atoms with Gasteiger partial charge in [-0.15, -0.1) is 11.6 Å². The van der Waals surface area contributed by atoms with Crippen LogP contribution in [0.3, 0.4) is 0 Å². The fourth-order valence-corrected chi connectivity index (χ4v) is 0.745. The van der Waals surface area contributed by atoms with Gasteiger partial charge in [0.15, 0.2) is 0 Å². The van der Waals surface area contributed by atoms with Crippen LogP contribution in [0.1, 0.15) is 5.56 Å². The first-order chi connectivity index (χ1) is 6.20. The molecule has 0 unspecified atom stereocenters. The summed E-state index contributed by atoms with van der Waals surface area (Å²) in [7, 11) is 0. The van der Waals surface area contributed by atoms with Crippen LogP contribution in [-0.2, 0) is 10.7 Å². The van der Waals surface area contributed by atoms with Crippen LogP contribution in [-0.4, -0.2) is 22.8 Å². The van der Waals surface area contributed by atoms with Crippen LogP contribution in [0.5, 0.6) is 0 Å². The average molecular weight is 203 g/mol. The number of benzene rings is 1. The van der Waals surface area contributed by atoms with Gasteiger partial charge in [-0.05, 0) is 5.56 Å². The summed E-state index contributed by atoms with van der Waals surface area (Å²) in [4.78, 5) is 9.12. The number of carbonyl (C=O) groups is 1. The first kappa shape index (κ1) is 11.9. The minimum absolute atomic E-state index is 0.612. The lowest BCUT2D eigenvalue weighted by Gasteiger charge is -1.88. The molecule has 0 heterocycles. The van der Waals surface area contributed by atoms with Crippen LogP contribution in [0, 0.1) is 0 Å². The van der Waals surface area contributed by atoms with Crippen molar-refractivity contribution in [1.82, 2.24) is 0 Å². The van der Waals surface area contributed by atoms with Gasteiger partial charge >= 0.3 is 5.97 Å². The molecule has 0 saturated carbocycles. The molecule has 0 atom stereocenters. The van der Waals surface area contributed by atoms with Crippen LogP contribution in [0.4, 0.5) is 0 Å². The van der Waals surface area contributed by atoms with Gasteiger partial charge in [-0.2, -0.15) is 0 Å². The Hall–Kier alpha value is -1.06. The summed E-state index contributed by atoms with van der Waals surface area (Å²) in [5.41, 5.74) is 1.18. The molecule has 0 aliphatic carbocycles. The van der Waals surface area contributed by atoms with Crippen molar-refractivity contribution in [2.24, 2.45) is 0 Å². The smallest absolute Gasteiger partial charge is 0.329 e. The molecule has 0 spiro atoms. The molecule has 72 valence electrons. The van der Waals surface area contributed by atoms with E-state index in [0.717, 1.165) is 0 Å². The van der Waals surface area contributed by atoms with Crippen molar-refractivity contribution in [1.29, 1.82) is 0 Å². The number of carboxylic acids is 1. The highest BCUT2D eigenvalue weighted by molar-refractivity contribution is 6.17. The number of rotatable bonds is 2. The van der Waals surface area contributed by atoms with E-state index in [1.165, 1.54) is 5.56 Å². The minimum Gasteiger partial charge on any atom is -0.480 e. The van der Waals surface area contributed by atoms with Gasteiger partial charge < -0.3 is 10.2 Å². The molecular formula is C9H11ClO3. The van der Waals surface area contributed by atoms with Crippen molar-refractivity contribution in [3.8, 4) is 0 Å². The van der Waals surface area contributed by atoms with E-state index in [-0.39, 0.29) is 0 Å². The van der Waals surface area contributed by atoms with Gasteiger partial charge in [0.1, 0.15) is 6.61 Å². The number of hydrogen-bond donors (Lipinski definition) is 2. The third-order valence-corrected chi connectivity index (χ3v) is 1.44. The second kappa shape index (κ2) is 7.58. The van der Waals surface area contributed by atoms with Gasteiger partial charge in [0, 0.05) is 5.88 Å². The molecule has 1 aromatic rings. The number of alkyl halides is 1. The van der Waals surface area contributed by atoms with E-state index in [9.17, 15) is 0 Å². The zero-order chi connectivity index (χ0) is 10.1. The van der Waals surface area contributed by atoms with Gasteiger partial charge in [-0.3, -0.25) is 0 Å². The highest BCUT2D eigenvalue weighted by Crippen LogP contribution is 2.00. The van der Waals surface area contributed by atoms with Crippen LogP contribution < -0.4 is 0 Å². The molecule has 0 amide bonds. The van der Waals surface area contributed by atoms with Gasteiger partial charge in [0.25, 0.3) is 0 Å². The predicted molar refractivity (Wildman–Crippen MR) is 50.7 cm³/mol. The van der Waals surface area contributed by atoms with Crippen LogP contribution in [0.15, 0.2) is 30.3 Å². The van der Waals surface area contributed by atoms with Crippen molar-refractivity contribution in [3.63, 3.8) is 0 Å². The fourth-order valence-electron chi connectivity index (χ4n) is 0.567. The number of aliphatic hydroxyl groups excluding tert-OH is 1. The second-order valence-electron chi connectivity index (χ2n) is 2.17. The molecule has 0 radical (unpaired) electrons. The van der Waals surface area contributed by atoms with E-state index in [4.69, 9.17) is 26.6 Å². The topological polar surface area (TPSA) is 57.5 Å². The largest absolute Gasteiger partial charge is 0.480 e. The summed E-state index contributed by atoms with van der Waals surface area (Å²) in [6.07, 6.45) is 0. The highest BCUT2D eigenvalue weighted by atomic mass is 35.5. The highest BCUT2D eigenvalue weighted by Gasteiger charge is 1.82. The summed E-state index contributed by atoms with van der Waals surface area (Å²) < 4.78 is 0. The maximum absolute atomic E-state index is 9.12. The monoisotopic (exact) mass is 202 g/mol. The molecule has 1 aromatic carbocycles. The Labute approximate surface area is 81.6 Å². The van der Waals surface area contributed by atoms with Crippen LogP contribution in [0.2, 0.25) is 0 Å². The maximum Gasteiger partial charge on any atom is 0.329 e. The zero-order valence-corrected chi connectivity index (χ0v) is 7.74. The molecule has 0 aliphatic heterocycles. The van der Waals surface area contributed by atoms with Crippen molar-refractivity contribution in [2.45, 2.75) is 5.88 Å². The Kier molecular flexibility index (Phi) is 6.96. The molecule has 1 rings (SSSR count). The minimum atomic E-state index is -1.19. The van der Waals surface area contributed by atoms with Crippen molar-refractivity contribution < 1.29 is 15.0 Å². The third kappa shape index (κ3) is 7.31. The standard InChI is InChI=1S/C7H7Cl.C2H4O3/c8-6-7-4-2-1-3-5-7;3-1-2(4)5/h1-5H,6H2;3H,1H2,(H,4,5). The number of hydrogen-bond acceptors (Lipinski definition) is 2. The number of aliphatic hydroxyl groups is 1. The molecule has 13 heavy (non-hydrogen) atoms. The summed E-state index contributed by atoms with van der Waals surface area (Å²) in [6.45, 7) is -0.778. The van der Waals surface area contributed by atoms with Gasteiger partial charge in [-0.25, -0.2) is 4.79 Å². The second-order valence-corrected chi connectivity index (χ2v) is 2.44. The lowest BCUT2D eigenvalue weighted by molar-refractivity contribution is -0.140.